The summed E-state index contributed by atoms with van der Waals surface area (Å²) in [5.41, 5.74) is 4.00. The first-order valence-corrected chi connectivity index (χ1v) is 8.42. The number of para-hydroxylation sites is 1. The largest absolute Gasteiger partial charge is 0.307 e. The van der Waals surface area contributed by atoms with Crippen LogP contribution in [0.25, 0.3) is 5.69 Å². The van der Waals surface area contributed by atoms with Crippen LogP contribution in [0.3, 0.4) is 0 Å². The standard InChI is InChI=1S/C20H19N3O2/c1-14-8-10-16(11-9-14)23-19(24)13-17(21-23)20(25)22-12-4-6-15-5-2-3-7-18(15)22/h2-3,5,7-11,13,21H,4,6,12H2,1H3. The van der Waals surface area contributed by atoms with Gasteiger partial charge in [0.05, 0.1) is 5.69 Å². The molecular weight excluding hydrogens is 314 g/mol. The number of rotatable bonds is 2. The zero-order chi connectivity index (χ0) is 17.4. The molecule has 1 aliphatic heterocycles. The number of hydrogen-bond donors (Lipinski definition) is 1. The quantitative estimate of drug-likeness (QED) is 0.783. The third-order valence-corrected chi connectivity index (χ3v) is 4.60. The van der Waals surface area contributed by atoms with Crippen LogP contribution in [0.4, 0.5) is 5.69 Å². The molecule has 1 aliphatic rings. The number of aromatic amines is 1. The number of amides is 1. The molecule has 0 radical (unpaired) electrons. The average Bonchev–Trinajstić information content (AvgIpc) is 3.03. The van der Waals surface area contributed by atoms with Gasteiger partial charge in [0.2, 0.25) is 0 Å². The molecule has 0 saturated heterocycles. The summed E-state index contributed by atoms with van der Waals surface area (Å²) in [5, 5.41) is 2.96. The van der Waals surface area contributed by atoms with Crippen molar-refractivity contribution in [1.29, 1.82) is 0 Å². The monoisotopic (exact) mass is 333 g/mol. The number of aryl methyl sites for hydroxylation is 2. The zero-order valence-electron chi connectivity index (χ0n) is 14.0. The predicted octanol–water partition coefficient (Wildman–Crippen LogP) is 3.07. The Balaban J connectivity index is 1.70. The van der Waals surface area contributed by atoms with E-state index < -0.39 is 0 Å². The van der Waals surface area contributed by atoms with Crippen LogP contribution in [-0.2, 0) is 6.42 Å². The molecule has 1 N–H and O–H groups in total. The van der Waals surface area contributed by atoms with Crippen LogP contribution >= 0.6 is 0 Å². The van der Waals surface area contributed by atoms with Crippen molar-refractivity contribution in [2.45, 2.75) is 19.8 Å². The Labute approximate surface area is 145 Å². The smallest absolute Gasteiger partial charge is 0.276 e. The predicted molar refractivity (Wildman–Crippen MR) is 97.6 cm³/mol. The van der Waals surface area contributed by atoms with Crippen molar-refractivity contribution >= 4 is 11.6 Å². The van der Waals surface area contributed by atoms with Crippen molar-refractivity contribution in [1.82, 2.24) is 9.78 Å². The van der Waals surface area contributed by atoms with Crippen LogP contribution in [0.1, 0.15) is 28.0 Å². The molecule has 25 heavy (non-hydrogen) atoms. The van der Waals surface area contributed by atoms with Crippen LogP contribution in [-0.4, -0.2) is 22.2 Å². The van der Waals surface area contributed by atoms with Gasteiger partial charge in [-0.25, -0.2) is 4.68 Å². The number of H-pyrrole nitrogens is 1. The van der Waals surface area contributed by atoms with Crippen molar-refractivity contribution in [3.8, 4) is 5.69 Å². The second kappa shape index (κ2) is 6.09. The molecule has 0 spiro atoms. The number of carbonyl (C=O) groups is 1. The summed E-state index contributed by atoms with van der Waals surface area (Å²) in [5.74, 6) is -0.171. The van der Waals surface area contributed by atoms with E-state index in [-0.39, 0.29) is 11.5 Å². The first kappa shape index (κ1) is 15.4. The van der Waals surface area contributed by atoms with Crippen molar-refractivity contribution in [3.63, 3.8) is 0 Å². The summed E-state index contributed by atoms with van der Waals surface area (Å²) < 4.78 is 1.41. The average molecular weight is 333 g/mol. The van der Waals surface area contributed by atoms with Gasteiger partial charge in [-0.1, -0.05) is 35.9 Å². The minimum atomic E-state index is -0.238. The molecule has 0 saturated carbocycles. The van der Waals surface area contributed by atoms with Crippen LogP contribution in [0.5, 0.6) is 0 Å². The number of carbonyl (C=O) groups excluding carboxylic acids is 1. The second-order valence-corrected chi connectivity index (χ2v) is 6.37. The Morgan fingerprint density at radius 2 is 1.84 bits per heavy atom. The Morgan fingerprint density at radius 1 is 1.08 bits per heavy atom. The first-order chi connectivity index (χ1) is 12.1. The lowest BCUT2D eigenvalue weighted by Gasteiger charge is -2.29. The van der Waals surface area contributed by atoms with Crippen molar-refractivity contribution < 1.29 is 4.79 Å². The number of nitrogens with zero attached hydrogens (tertiary/aromatic N) is 2. The normalized spacial score (nSPS) is 13.6. The molecule has 3 aromatic rings. The number of fused-ring (bicyclic) bond motifs is 1. The fraction of sp³-hybridized carbons (Fsp3) is 0.200. The molecule has 4 rings (SSSR count). The van der Waals surface area contributed by atoms with Gasteiger partial charge in [0.25, 0.3) is 11.5 Å². The molecule has 0 bridgehead atoms. The first-order valence-electron chi connectivity index (χ1n) is 8.42. The van der Waals surface area contributed by atoms with Gasteiger partial charge >= 0.3 is 0 Å². The molecule has 0 fully saturated rings. The third-order valence-electron chi connectivity index (χ3n) is 4.60. The SMILES string of the molecule is Cc1ccc(-n2[nH]c(C(=O)N3CCCc4ccccc43)cc2=O)cc1. The van der Waals surface area contributed by atoms with Gasteiger partial charge in [0, 0.05) is 18.3 Å². The van der Waals surface area contributed by atoms with Gasteiger partial charge in [0.1, 0.15) is 5.69 Å². The minimum absolute atomic E-state index is 0.171. The van der Waals surface area contributed by atoms with E-state index in [1.165, 1.54) is 16.3 Å². The third kappa shape index (κ3) is 2.78. The molecule has 1 aromatic heterocycles. The van der Waals surface area contributed by atoms with E-state index in [0.29, 0.717) is 17.9 Å². The van der Waals surface area contributed by atoms with Gasteiger partial charge < -0.3 is 4.90 Å². The van der Waals surface area contributed by atoms with Crippen molar-refractivity contribution in [3.05, 3.63) is 81.8 Å². The van der Waals surface area contributed by atoms with Crippen molar-refractivity contribution in [2.75, 3.05) is 11.4 Å². The maximum Gasteiger partial charge on any atom is 0.276 e. The van der Waals surface area contributed by atoms with Gasteiger partial charge in [-0.15, -0.1) is 0 Å². The zero-order valence-corrected chi connectivity index (χ0v) is 14.0. The fourth-order valence-corrected chi connectivity index (χ4v) is 3.28. The summed E-state index contributed by atoms with van der Waals surface area (Å²) >= 11 is 0. The summed E-state index contributed by atoms with van der Waals surface area (Å²) in [6.07, 6.45) is 1.90. The lowest BCUT2D eigenvalue weighted by Crippen LogP contribution is -2.35. The summed E-state index contributed by atoms with van der Waals surface area (Å²) in [7, 11) is 0. The van der Waals surface area contributed by atoms with Crippen LogP contribution in [0.2, 0.25) is 0 Å². The lowest BCUT2D eigenvalue weighted by molar-refractivity contribution is 0.0980. The number of benzene rings is 2. The van der Waals surface area contributed by atoms with Crippen LogP contribution in [0, 0.1) is 6.92 Å². The highest BCUT2D eigenvalue weighted by Crippen LogP contribution is 2.27. The Kier molecular flexibility index (Phi) is 3.76. The highest BCUT2D eigenvalue weighted by atomic mass is 16.2. The van der Waals surface area contributed by atoms with Crippen molar-refractivity contribution in [2.24, 2.45) is 0 Å². The summed E-state index contributed by atoms with van der Waals surface area (Å²) in [4.78, 5) is 27.0. The second-order valence-electron chi connectivity index (χ2n) is 6.37. The van der Waals surface area contributed by atoms with Crippen LogP contribution < -0.4 is 10.5 Å². The summed E-state index contributed by atoms with van der Waals surface area (Å²) in [6.45, 7) is 2.65. The van der Waals surface area contributed by atoms with Gasteiger partial charge in [-0.3, -0.25) is 14.7 Å². The molecule has 0 unspecified atom stereocenters. The topological polar surface area (TPSA) is 58.1 Å². The molecule has 1 amide bonds. The Morgan fingerprint density at radius 3 is 2.64 bits per heavy atom. The number of nitrogens with one attached hydrogen (secondary N) is 1. The Hall–Kier alpha value is -3.08. The maximum absolute atomic E-state index is 13.0. The van der Waals surface area contributed by atoms with Gasteiger partial charge in [-0.2, -0.15) is 0 Å². The number of anilines is 1. The van der Waals surface area contributed by atoms with E-state index in [0.717, 1.165) is 24.1 Å². The van der Waals surface area contributed by atoms with E-state index in [9.17, 15) is 9.59 Å². The lowest BCUT2D eigenvalue weighted by atomic mass is 10.0. The van der Waals surface area contributed by atoms with Gasteiger partial charge in [0.15, 0.2) is 0 Å². The van der Waals surface area contributed by atoms with E-state index in [1.54, 1.807) is 4.90 Å². The minimum Gasteiger partial charge on any atom is -0.307 e. The van der Waals surface area contributed by atoms with E-state index in [1.807, 2.05) is 49.4 Å². The molecular formula is C20H19N3O2. The molecule has 2 aromatic carbocycles. The molecule has 126 valence electrons. The molecule has 0 aliphatic carbocycles. The number of hydrogen-bond acceptors (Lipinski definition) is 2. The molecule has 5 nitrogen and oxygen atoms in total. The maximum atomic E-state index is 13.0. The highest BCUT2D eigenvalue weighted by Gasteiger charge is 2.25. The molecule has 5 heteroatoms. The van der Waals surface area contributed by atoms with E-state index in [4.69, 9.17) is 0 Å². The number of aromatic nitrogens is 2. The summed E-state index contributed by atoms with van der Waals surface area (Å²) in [6, 6.07) is 16.9. The van der Waals surface area contributed by atoms with E-state index in [2.05, 4.69) is 11.2 Å². The Bertz CT molecular complexity index is 983. The fourth-order valence-electron chi connectivity index (χ4n) is 3.28. The van der Waals surface area contributed by atoms with E-state index >= 15 is 0 Å². The molecule has 0 atom stereocenters. The van der Waals surface area contributed by atoms with Crippen LogP contribution in [0.15, 0.2) is 59.4 Å². The van der Waals surface area contributed by atoms with Gasteiger partial charge in [-0.05, 0) is 43.5 Å². The highest BCUT2D eigenvalue weighted by molar-refractivity contribution is 6.05. The molecule has 2 heterocycles.